The van der Waals surface area contributed by atoms with E-state index in [4.69, 9.17) is 15.2 Å². The van der Waals surface area contributed by atoms with E-state index in [1.165, 1.54) is 6.33 Å². The standard InChI is InChI=1S/C13H23N3O2/c1-9(2)7-17-5-6-18-13-11(10(3)4)12(14)15-8-16-13/h8-10H,5-7H2,1-4H3,(H2,14,15,16). The minimum Gasteiger partial charge on any atom is -0.475 e. The van der Waals surface area contributed by atoms with E-state index >= 15 is 0 Å². The molecular weight excluding hydrogens is 230 g/mol. The monoisotopic (exact) mass is 253 g/mol. The zero-order chi connectivity index (χ0) is 13.5. The highest BCUT2D eigenvalue weighted by molar-refractivity contribution is 5.46. The Morgan fingerprint density at radius 2 is 1.89 bits per heavy atom. The lowest BCUT2D eigenvalue weighted by molar-refractivity contribution is 0.0802. The Kier molecular flexibility index (Phi) is 5.85. The van der Waals surface area contributed by atoms with Gasteiger partial charge in [0.05, 0.1) is 12.2 Å². The zero-order valence-electron chi connectivity index (χ0n) is 11.6. The van der Waals surface area contributed by atoms with Crippen LogP contribution in [0.4, 0.5) is 5.82 Å². The van der Waals surface area contributed by atoms with E-state index in [-0.39, 0.29) is 5.92 Å². The van der Waals surface area contributed by atoms with E-state index in [0.29, 0.717) is 30.8 Å². The van der Waals surface area contributed by atoms with Crippen molar-refractivity contribution in [3.63, 3.8) is 0 Å². The first kappa shape index (κ1) is 14.7. The average molecular weight is 253 g/mol. The molecule has 0 unspecified atom stereocenters. The molecule has 5 heteroatoms. The van der Waals surface area contributed by atoms with Gasteiger partial charge in [0.15, 0.2) is 0 Å². The van der Waals surface area contributed by atoms with Gasteiger partial charge in [0.2, 0.25) is 5.88 Å². The van der Waals surface area contributed by atoms with Gasteiger partial charge >= 0.3 is 0 Å². The highest BCUT2D eigenvalue weighted by Crippen LogP contribution is 2.27. The van der Waals surface area contributed by atoms with E-state index in [1.807, 2.05) is 13.8 Å². The number of nitrogens with two attached hydrogens (primary N) is 1. The van der Waals surface area contributed by atoms with Crippen LogP contribution in [0.1, 0.15) is 39.2 Å². The van der Waals surface area contributed by atoms with Gasteiger partial charge in [-0.2, -0.15) is 0 Å². The molecule has 0 aliphatic heterocycles. The summed E-state index contributed by atoms with van der Waals surface area (Å²) < 4.78 is 11.1. The van der Waals surface area contributed by atoms with Gasteiger partial charge in [-0.3, -0.25) is 0 Å². The molecule has 1 aromatic heterocycles. The summed E-state index contributed by atoms with van der Waals surface area (Å²) in [5, 5.41) is 0. The number of nitrogen functional groups attached to an aromatic ring is 1. The Morgan fingerprint density at radius 1 is 1.17 bits per heavy atom. The quantitative estimate of drug-likeness (QED) is 0.754. The SMILES string of the molecule is CC(C)COCCOc1ncnc(N)c1C(C)C. The molecule has 0 aromatic carbocycles. The Hall–Kier alpha value is -1.36. The van der Waals surface area contributed by atoms with E-state index in [0.717, 1.165) is 12.2 Å². The largest absolute Gasteiger partial charge is 0.475 e. The van der Waals surface area contributed by atoms with Gasteiger partial charge in [0, 0.05) is 6.61 Å². The lowest BCUT2D eigenvalue weighted by Gasteiger charge is -2.14. The lowest BCUT2D eigenvalue weighted by atomic mass is 10.1. The number of aromatic nitrogens is 2. The van der Waals surface area contributed by atoms with Gasteiger partial charge in [-0.25, -0.2) is 9.97 Å². The number of anilines is 1. The van der Waals surface area contributed by atoms with Crippen molar-refractivity contribution >= 4 is 5.82 Å². The molecule has 0 radical (unpaired) electrons. The summed E-state index contributed by atoms with van der Waals surface area (Å²) in [5.74, 6) is 1.81. The molecule has 0 spiro atoms. The van der Waals surface area contributed by atoms with Crippen LogP contribution >= 0.6 is 0 Å². The number of rotatable bonds is 7. The number of hydrogen-bond acceptors (Lipinski definition) is 5. The fourth-order valence-corrected chi connectivity index (χ4v) is 1.57. The smallest absolute Gasteiger partial charge is 0.222 e. The first-order chi connectivity index (χ1) is 8.52. The summed E-state index contributed by atoms with van der Waals surface area (Å²) >= 11 is 0. The molecule has 1 heterocycles. The fourth-order valence-electron chi connectivity index (χ4n) is 1.57. The molecule has 0 saturated carbocycles. The summed E-state index contributed by atoms with van der Waals surface area (Å²) in [6.07, 6.45) is 1.42. The number of ether oxygens (including phenoxy) is 2. The Morgan fingerprint density at radius 3 is 2.50 bits per heavy atom. The molecular formula is C13H23N3O2. The van der Waals surface area contributed by atoms with E-state index in [9.17, 15) is 0 Å². The third kappa shape index (κ3) is 4.49. The molecule has 0 amide bonds. The lowest BCUT2D eigenvalue weighted by Crippen LogP contribution is -2.13. The van der Waals surface area contributed by atoms with E-state index < -0.39 is 0 Å². The van der Waals surface area contributed by atoms with Crippen molar-refractivity contribution < 1.29 is 9.47 Å². The molecule has 1 rings (SSSR count). The van der Waals surface area contributed by atoms with E-state index in [2.05, 4.69) is 23.8 Å². The molecule has 0 bridgehead atoms. The van der Waals surface area contributed by atoms with Crippen LogP contribution in [-0.2, 0) is 4.74 Å². The van der Waals surface area contributed by atoms with Gasteiger partial charge in [-0.1, -0.05) is 27.7 Å². The average Bonchev–Trinajstić information content (AvgIpc) is 2.27. The highest BCUT2D eigenvalue weighted by atomic mass is 16.5. The van der Waals surface area contributed by atoms with Gasteiger partial charge < -0.3 is 15.2 Å². The third-order valence-corrected chi connectivity index (χ3v) is 2.37. The second-order valence-electron chi connectivity index (χ2n) is 4.95. The van der Waals surface area contributed by atoms with Crippen molar-refractivity contribution in [2.24, 2.45) is 5.92 Å². The first-order valence-electron chi connectivity index (χ1n) is 6.33. The topological polar surface area (TPSA) is 70.3 Å². The van der Waals surface area contributed by atoms with Gasteiger partial charge in [-0.15, -0.1) is 0 Å². The summed E-state index contributed by atoms with van der Waals surface area (Å²) in [5.41, 5.74) is 6.69. The van der Waals surface area contributed by atoms with E-state index in [1.54, 1.807) is 0 Å². The van der Waals surface area contributed by atoms with Crippen LogP contribution in [0.2, 0.25) is 0 Å². The molecule has 1 aromatic rings. The van der Waals surface area contributed by atoms with Crippen molar-refractivity contribution in [3.8, 4) is 5.88 Å². The summed E-state index contributed by atoms with van der Waals surface area (Å²) in [6.45, 7) is 10.1. The predicted molar refractivity (Wildman–Crippen MR) is 71.7 cm³/mol. The highest BCUT2D eigenvalue weighted by Gasteiger charge is 2.13. The predicted octanol–water partition coefficient (Wildman–Crippen LogP) is 2.23. The number of hydrogen-bond donors (Lipinski definition) is 1. The van der Waals surface area contributed by atoms with Crippen LogP contribution < -0.4 is 10.5 Å². The van der Waals surface area contributed by atoms with Crippen LogP contribution in [0.3, 0.4) is 0 Å². The second-order valence-corrected chi connectivity index (χ2v) is 4.95. The summed E-state index contributed by atoms with van der Waals surface area (Å²) in [4.78, 5) is 8.11. The van der Waals surface area contributed by atoms with Gasteiger partial charge in [-0.05, 0) is 11.8 Å². The molecule has 0 atom stereocenters. The van der Waals surface area contributed by atoms with Crippen LogP contribution in [0, 0.1) is 5.92 Å². The van der Waals surface area contributed by atoms with Crippen molar-refractivity contribution in [1.29, 1.82) is 0 Å². The second kappa shape index (κ2) is 7.16. The maximum absolute atomic E-state index is 5.83. The molecule has 0 aliphatic rings. The summed E-state index contributed by atoms with van der Waals surface area (Å²) in [7, 11) is 0. The van der Waals surface area contributed by atoms with Crippen LogP contribution in [0.25, 0.3) is 0 Å². The van der Waals surface area contributed by atoms with Crippen LogP contribution in [0.5, 0.6) is 5.88 Å². The Bertz CT molecular complexity index is 367. The molecule has 18 heavy (non-hydrogen) atoms. The molecule has 102 valence electrons. The summed E-state index contributed by atoms with van der Waals surface area (Å²) in [6, 6.07) is 0. The molecule has 0 fully saturated rings. The Balaban J connectivity index is 2.49. The normalized spacial score (nSPS) is 11.2. The van der Waals surface area contributed by atoms with Crippen molar-refractivity contribution in [2.75, 3.05) is 25.6 Å². The molecule has 0 aliphatic carbocycles. The first-order valence-corrected chi connectivity index (χ1v) is 6.33. The number of nitrogens with zero attached hydrogens (tertiary/aromatic N) is 2. The van der Waals surface area contributed by atoms with Gasteiger partial charge in [0.1, 0.15) is 18.8 Å². The maximum atomic E-state index is 5.83. The van der Waals surface area contributed by atoms with Crippen LogP contribution in [-0.4, -0.2) is 29.8 Å². The zero-order valence-corrected chi connectivity index (χ0v) is 11.6. The molecule has 2 N–H and O–H groups in total. The maximum Gasteiger partial charge on any atom is 0.222 e. The molecule has 5 nitrogen and oxygen atoms in total. The molecule has 0 saturated heterocycles. The van der Waals surface area contributed by atoms with Crippen LogP contribution in [0.15, 0.2) is 6.33 Å². The Labute approximate surface area is 109 Å². The van der Waals surface area contributed by atoms with Crippen molar-refractivity contribution in [2.45, 2.75) is 33.6 Å². The minimum atomic E-state index is 0.234. The van der Waals surface area contributed by atoms with Crippen molar-refractivity contribution in [1.82, 2.24) is 9.97 Å². The fraction of sp³-hybridized carbons (Fsp3) is 0.692. The van der Waals surface area contributed by atoms with Crippen molar-refractivity contribution in [3.05, 3.63) is 11.9 Å². The minimum absolute atomic E-state index is 0.234. The van der Waals surface area contributed by atoms with Gasteiger partial charge in [0.25, 0.3) is 0 Å². The third-order valence-electron chi connectivity index (χ3n) is 2.37.